The topological polar surface area (TPSA) is 98.9 Å². The third-order valence-electron chi connectivity index (χ3n) is 2.97. The number of rotatable bonds is 9. The minimum absolute atomic E-state index is 0.0769. The van der Waals surface area contributed by atoms with Gasteiger partial charge < -0.3 is 19.9 Å². The molecule has 0 saturated heterocycles. The molecule has 21 heavy (non-hydrogen) atoms. The average molecular weight is 315 g/mol. The van der Waals surface area contributed by atoms with Crippen molar-refractivity contribution in [3.63, 3.8) is 0 Å². The van der Waals surface area contributed by atoms with Crippen molar-refractivity contribution < 1.29 is 23.5 Å². The van der Waals surface area contributed by atoms with Crippen molar-refractivity contribution in [3.8, 4) is 0 Å². The standard InChI is InChI=1S/C14H22NO5P/c1-3-19-21(18,20-4-2)13-7-5-11(6-8-13)9-12(10-15)14(16)17/h5-8,12H,3-4,9-10,15H2,1-2H3,(H,16,17)/t12-/m1/s1. The van der Waals surface area contributed by atoms with Gasteiger partial charge in [-0.05, 0) is 38.0 Å². The first-order chi connectivity index (χ1) is 9.96. The molecule has 0 aliphatic carbocycles. The highest BCUT2D eigenvalue weighted by atomic mass is 31.2. The molecule has 1 rings (SSSR count). The molecule has 0 heterocycles. The minimum Gasteiger partial charge on any atom is -0.481 e. The highest BCUT2D eigenvalue weighted by molar-refractivity contribution is 7.62. The normalized spacial score (nSPS) is 13.1. The van der Waals surface area contributed by atoms with Gasteiger partial charge in [-0.25, -0.2) is 0 Å². The molecule has 0 aliphatic heterocycles. The summed E-state index contributed by atoms with van der Waals surface area (Å²) in [6, 6.07) is 6.75. The van der Waals surface area contributed by atoms with Gasteiger partial charge in [0.15, 0.2) is 0 Å². The highest BCUT2D eigenvalue weighted by Gasteiger charge is 2.26. The second-order valence-electron chi connectivity index (χ2n) is 4.47. The fraction of sp³-hybridized carbons (Fsp3) is 0.500. The molecular formula is C14H22NO5P. The summed E-state index contributed by atoms with van der Waals surface area (Å²) in [4.78, 5) is 11.0. The van der Waals surface area contributed by atoms with Crippen molar-refractivity contribution >= 4 is 18.9 Å². The maximum atomic E-state index is 12.6. The zero-order chi connectivity index (χ0) is 15.9. The summed E-state index contributed by atoms with van der Waals surface area (Å²) in [6.45, 7) is 4.14. The van der Waals surface area contributed by atoms with E-state index in [1.807, 2.05) is 0 Å². The average Bonchev–Trinajstić information content (AvgIpc) is 2.45. The lowest BCUT2D eigenvalue weighted by molar-refractivity contribution is -0.141. The molecule has 0 saturated carbocycles. The van der Waals surface area contributed by atoms with Gasteiger partial charge in [0.25, 0.3) is 0 Å². The second kappa shape index (κ2) is 8.29. The largest absolute Gasteiger partial charge is 0.481 e. The Balaban J connectivity index is 2.90. The number of benzene rings is 1. The van der Waals surface area contributed by atoms with E-state index in [2.05, 4.69) is 0 Å². The molecule has 0 spiro atoms. The van der Waals surface area contributed by atoms with E-state index in [1.165, 1.54) is 0 Å². The van der Waals surface area contributed by atoms with Gasteiger partial charge in [0, 0.05) is 6.54 Å². The van der Waals surface area contributed by atoms with Gasteiger partial charge in [0.05, 0.1) is 24.4 Å². The van der Waals surface area contributed by atoms with Crippen LogP contribution in [0.25, 0.3) is 0 Å². The van der Waals surface area contributed by atoms with Crippen molar-refractivity contribution in [1.29, 1.82) is 0 Å². The van der Waals surface area contributed by atoms with E-state index in [9.17, 15) is 9.36 Å². The minimum atomic E-state index is -3.29. The van der Waals surface area contributed by atoms with Crippen LogP contribution in [0.15, 0.2) is 24.3 Å². The quantitative estimate of drug-likeness (QED) is 0.674. The summed E-state index contributed by atoms with van der Waals surface area (Å²) in [7, 11) is -3.29. The van der Waals surface area contributed by atoms with Crippen molar-refractivity contribution in [2.24, 2.45) is 11.7 Å². The lowest BCUT2D eigenvalue weighted by Gasteiger charge is -2.17. The van der Waals surface area contributed by atoms with Crippen LogP contribution in [0.2, 0.25) is 0 Å². The van der Waals surface area contributed by atoms with Gasteiger partial charge in [-0.3, -0.25) is 9.36 Å². The SMILES string of the molecule is CCOP(=O)(OCC)c1ccc(C[C@H](CN)C(=O)O)cc1. The smallest absolute Gasteiger partial charge is 0.361 e. The third-order valence-corrected chi connectivity index (χ3v) is 5.09. The molecule has 1 aromatic rings. The predicted octanol–water partition coefficient (Wildman–Crippen LogP) is 1.78. The molecule has 0 amide bonds. The lowest BCUT2D eigenvalue weighted by Crippen LogP contribution is -2.25. The molecule has 0 radical (unpaired) electrons. The molecule has 7 heteroatoms. The number of hydrogen-bond donors (Lipinski definition) is 2. The molecule has 0 unspecified atom stereocenters. The summed E-state index contributed by atoms with van der Waals surface area (Å²) in [5.74, 6) is -1.54. The zero-order valence-electron chi connectivity index (χ0n) is 12.3. The Hall–Kier alpha value is -1.20. The molecule has 0 aliphatic rings. The van der Waals surface area contributed by atoms with E-state index < -0.39 is 19.5 Å². The van der Waals surface area contributed by atoms with Gasteiger partial charge >= 0.3 is 13.6 Å². The predicted molar refractivity (Wildman–Crippen MR) is 80.8 cm³/mol. The number of carboxylic acid groups (broad SMARTS) is 1. The Bertz CT molecular complexity index is 493. The Labute approximate surface area is 124 Å². The van der Waals surface area contributed by atoms with E-state index in [0.717, 1.165) is 5.56 Å². The van der Waals surface area contributed by atoms with Gasteiger partial charge in [-0.2, -0.15) is 0 Å². The van der Waals surface area contributed by atoms with Gasteiger partial charge in [-0.1, -0.05) is 12.1 Å². The van der Waals surface area contributed by atoms with Crippen molar-refractivity contribution in [3.05, 3.63) is 29.8 Å². The van der Waals surface area contributed by atoms with E-state index in [1.54, 1.807) is 38.1 Å². The molecule has 0 bridgehead atoms. The Kier molecular flexibility index (Phi) is 7.05. The zero-order valence-corrected chi connectivity index (χ0v) is 13.2. The Morgan fingerprint density at radius 1 is 1.24 bits per heavy atom. The summed E-state index contributed by atoms with van der Waals surface area (Å²) in [5, 5.41) is 9.46. The first-order valence-corrected chi connectivity index (χ1v) is 8.42. The third kappa shape index (κ3) is 4.93. The van der Waals surface area contributed by atoms with Crippen molar-refractivity contribution in [2.45, 2.75) is 20.3 Å². The van der Waals surface area contributed by atoms with Crippen LogP contribution in [-0.4, -0.2) is 30.8 Å². The summed E-state index contributed by atoms with van der Waals surface area (Å²) < 4.78 is 23.1. The molecule has 0 aromatic heterocycles. The number of aliphatic carboxylic acids is 1. The van der Waals surface area contributed by atoms with E-state index in [0.29, 0.717) is 11.7 Å². The van der Waals surface area contributed by atoms with E-state index in [4.69, 9.17) is 19.9 Å². The molecule has 6 nitrogen and oxygen atoms in total. The van der Waals surface area contributed by atoms with E-state index in [-0.39, 0.29) is 19.8 Å². The van der Waals surface area contributed by atoms with Gasteiger partial charge in [0.1, 0.15) is 0 Å². The van der Waals surface area contributed by atoms with Crippen molar-refractivity contribution in [1.82, 2.24) is 0 Å². The fourth-order valence-electron chi connectivity index (χ4n) is 1.90. The van der Waals surface area contributed by atoms with Crippen LogP contribution in [0, 0.1) is 5.92 Å². The van der Waals surface area contributed by atoms with Crippen LogP contribution in [0.4, 0.5) is 0 Å². The van der Waals surface area contributed by atoms with Crippen LogP contribution in [0.1, 0.15) is 19.4 Å². The van der Waals surface area contributed by atoms with Crippen LogP contribution in [0.5, 0.6) is 0 Å². The van der Waals surface area contributed by atoms with Crippen LogP contribution < -0.4 is 11.0 Å². The second-order valence-corrected chi connectivity index (χ2v) is 6.50. The highest BCUT2D eigenvalue weighted by Crippen LogP contribution is 2.46. The number of nitrogens with two attached hydrogens (primary N) is 1. The van der Waals surface area contributed by atoms with Crippen LogP contribution in [-0.2, 0) is 24.8 Å². The summed E-state index contributed by atoms with van der Waals surface area (Å²) >= 11 is 0. The lowest BCUT2D eigenvalue weighted by atomic mass is 10.00. The van der Waals surface area contributed by atoms with Crippen LogP contribution in [0.3, 0.4) is 0 Å². The molecule has 1 atom stereocenters. The number of carbonyl (C=O) groups is 1. The molecular weight excluding hydrogens is 293 g/mol. The first-order valence-electron chi connectivity index (χ1n) is 6.88. The molecule has 0 fully saturated rings. The number of carboxylic acids is 1. The molecule has 3 N–H and O–H groups in total. The summed E-state index contributed by atoms with van der Waals surface area (Å²) in [5.41, 5.74) is 6.25. The fourth-order valence-corrected chi connectivity index (χ4v) is 3.46. The van der Waals surface area contributed by atoms with Gasteiger partial charge in [0.2, 0.25) is 0 Å². The maximum absolute atomic E-state index is 12.6. The van der Waals surface area contributed by atoms with Crippen molar-refractivity contribution in [2.75, 3.05) is 19.8 Å². The Morgan fingerprint density at radius 2 is 1.76 bits per heavy atom. The molecule has 118 valence electrons. The Morgan fingerprint density at radius 3 is 2.14 bits per heavy atom. The van der Waals surface area contributed by atoms with Crippen LogP contribution >= 0.6 is 7.60 Å². The number of hydrogen-bond acceptors (Lipinski definition) is 5. The first kappa shape index (κ1) is 17.9. The maximum Gasteiger partial charge on any atom is 0.361 e. The monoisotopic (exact) mass is 315 g/mol. The van der Waals surface area contributed by atoms with E-state index >= 15 is 0 Å². The van der Waals surface area contributed by atoms with Gasteiger partial charge in [-0.15, -0.1) is 0 Å². The molecule has 1 aromatic carbocycles. The summed E-state index contributed by atoms with van der Waals surface area (Å²) in [6.07, 6.45) is 0.333.